The fourth-order valence-electron chi connectivity index (χ4n) is 3.65. The molecule has 2 aromatic rings. The predicted molar refractivity (Wildman–Crippen MR) is 147 cm³/mol. The first-order valence-corrected chi connectivity index (χ1v) is 12.8. The number of nitrogens with one attached hydrogen (secondary N) is 2. The minimum atomic E-state index is -0.684. The van der Waals surface area contributed by atoms with Gasteiger partial charge in [0, 0.05) is 47.3 Å². The first-order valence-electron chi connectivity index (χ1n) is 11.5. The van der Waals surface area contributed by atoms with Crippen molar-refractivity contribution >= 4 is 35.3 Å². The molecule has 8 nitrogen and oxygen atoms in total. The second-order valence-electron chi connectivity index (χ2n) is 8.48. The summed E-state index contributed by atoms with van der Waals surface area (Å²) >= 11 is 1.26. The monoisotopic (exact) mass is 524 g/mol. The van der Waals surface area contributed by atoms with Gasteiger partial charge in [0.05, 0.1) is 6.07 Å². The van der Waals surface area contributed by atoms with Gasteiger partial charge in [-0.05, 0) is 56.6 Å². The van der Waals surface area contributed by atoms with Crippen LogP contribution < -0.4 is 16.0 Å². The number of halogens is 2. The Labute approximate surface area is 219 Å². The number of rotatable bonds is 10. The van der Waals surface area contributed by atoms with Gasteiger partial charge < -0.3 is 16.0 Å². The van der Waals surface area contributed by atoms with Crippen LogP contribution in [0, 0.1) is 35.8 Å². The number of nitrogens with zero attached hydrogens (tertiary/aromatic N) is 5. The van der Waals surface area contributed by atoms with Gasteiger partial charge in [0.15, 0.2) is 17.5 Å². The maximum absolute atomic E-state index is 14.9. The molecule has 0 amide bonds. The summed E-state index contributed by atoms with van der Waals surface area (Å²) in [6.07, 6.45) is 6.46. The molecule has 1 saturated carbocycles. The number of anilines is 2. The minimum Gasteiger partial charge on any atom is -0.404 e. The summed E-state index contributed by atoms with van der Waals surface area (Å²) in [7, 11) is 1.56. The summed E-state index contributed by atoms with van der Waals surface area (Å²) in [5, 5.41) is 19.2. The fraction of sp³-hybridized carbons (Fsp3) is 0.308. The smallest absolute Gasteiger partial charge is 0.153 e. The molecular formula is C26H30F2N8S. The number of aromatic amines is 1. The summed E-state index contributed by atoms with van der Waals surface area (Å²) in [4.78, 5) is 10.7. The Morgan fingerprint density at radius 1 is 1.38 bits per heavy atom. The standard InChI is InChI=1S/C26H30F2N8S/c1-15-10-23(35-34-15)33-26(24(18-6-7-18)16(2)19(13-30)14-31-9-8-29)32-17(3)36(4)25-21(27)11-20(37-5)12-22(25)28/h10-14,18H,2,6-7,9,30H2,1,3-5H3,(H2,33,34,35)/b19-13+,26-24-,31-14?,32-17+. The van der Waals surface area contributed by atoms with E-state index >= 15 is 0 Å². The van der Waals surface area contributed by atoms with Gasteiger partial charge in [0.1, 0.15) is 23.9 Å². The van der Waals surface area contributed by atoms with Gasteiger partial charge in [-0.2, -0.15) is 10.4 Å². The van der Waals surface area contributed by atoms with Gasteiger partial charge in [-0.25, -0.2) is 13.8 Å². The molecule has 0 aliphatic heterocycles. The van der Waals surface area contributed by atoms with Crippen LogP contribution in [0.4, 0.5) is 20.3 Å². The molecular weight excluding hydrogens is 494 g/mol. The Kier molecular flexibility index (Phi) is 9.25. The van der Waals surface area contributed by atoms with E-state index < -0.39 is 11.6 Å². The normalized spacial score (nSPS) is 14.9. The number of nitrogens with two attached hydrogens (primary N) is 1. The van der Waals surface area contributed by atoms with Crippen molar-refractivity contribution in [3.05, 3.63) is 70.8 Å². The van der Waals surface area contributed by atoms with Crippen molar-refractivity contribution in [2.75, 3.05) is 30.1 Å². The largest absolute Gasteiger partial charge is 0.404 e. The van der Waals surface area contributed by atoms with Crippen molar-refractivity contribution in [2.24, 2.45) is 21.6 Å². The number of H-pyrrole nitrogens is 1. The Balaban J connectivity index is 2.11. The van der Waals surface area contributed by atoms with Gasteiger partial charge in [0.2, 0.25) is 0 Å². The topological polar surface area (TPSA) is 118 Å². The molecule has 194 valence electrons. The molecule has 0 bridgehead atoms. The van der Waals surface area contributed by atoms with Crippen LogP contribution in [0.1, 0.15) is 25.5 Å². The van der Waals surface area contributed by atoms with E-state index in [4.69, 9.17) is 16.0 Å². The molecule has 0 unspecified atom stereocenters. The van der Waals surface area contributed by atoms with Crippen LogP contribution in [0.2, 0.25) is 0 Å². The third kappa shape index (κ3) is 6.86. The number of aryl methyl sites for hydroxylation is 1. The maximum Gasteiger partial charge on any atom is 0.153 e. The van der Waals surface area contributed by atoms with Gasteiger partial charge in [-0.15, -0.1) is 11.8 Å². The number of amidine groups is 1. The van der Waals surface area contributed by atoms with E-state index in [0.717, 1.165) is 24.1 Å². The van der Waals surface area contributed by atoms with Crippen LogP contribution in [-0.4, -0.2) is 42.1 Å². The van der Waals surface area contributed by atoms with Crippen LogP contribution in [0.25, 0.3) is 0 Å². The Morgan fingerprint density at radius 3 is 2.57 bits per heavy atom. The van der Waals surface area contributed by atoms with E-state index in [9.17, 15) is 8.78 Å². The van der Waals surface area contributed by atoms with E-state index in [1.165, 1.54) is 41.2 Å². The zero-order valence-electron chi connectivity index (χ0n) is 21.3. The van der Waals surface area contributed by atoms with Gasteiger partial charge in [0.25, 0.3) is 0 Å². The minimum absolute atomic E-state index is 0.0146. The molecule has 1 heterocycles. The van der Waals surface area contributed by atoms with E-state index in [0.29, 0.717) is 33.5 Å². The molecule has 1 aliphatic carbocycles. The highest BCUT2D eigenvalue weighted by Crippen LogP contribution is 2.43. The number of hydrogen-bond acceptors (Lipinski definition) is 7. The molecule has 0 atom stereocenters. The maximum atomic E-state index is 14.9. The molecule has 11 heteroatoms. The van der Waals surface area contributed by atoms with Crippen LogP contribution in [0.3, 0.4) is 0 Å². The van der Waals surface area contributed by atoms with Crippen molar-refractivity contribution in [1.29, 1.82) is 5.26 Å². The average molecular weight is 525 g/mol. The highest BCUT2D eigenvalue weighted by atomic mass is 32.2. The molecule has 3 rings (SSSR count). The Hall–Kier alpha value is -3.91. The molecule has 0 saturated heterocycles. The van der Waals surface area contributed by atoms with Crippen LogP contribution in [-0.2, 0) is 0 Å². The van der Waals surface area contributed by atoms with Crippen molar-refractivity contribution in [2.45, 2.75) is 31.6 Å². The average Bonchev–Trinajstić information content (AvgIpc) is 3.61. The number of hydrogen-bond donors (Lipinski definition) is 3. The molecule has 4 N–H and O–H groups in total. The van der Waals surface area contributed by atoms with Crippen molar-refractivity contribution in [3.8, 4) is 6.07 Å². The highest BCUT2D eigenvalue weighted by Gasteiger charge is 2.32. The lowest BCUT2D eigenvalue weighted by Crippen LogP contribution is -2.26. The van der Waals surface area contributed by atoms with Gasteiger partial charge in [-0.3, -0.25) is 10.1 Å². The fourth-order valence-corrected chi connectivity index (χ4v) is 4.10. The molecule has 1 aromatic heterocycles. The number of nitriles is 1. The van der Waals surface area contributed by atoms with Gasteiger partial charge >= 0.3 is 0 Å². The molecule has 37 heavy (non-hydrogen) atoms. The molecule has 0 spiro atoms. The highest BCUT2D eigenvalue weighted by molar-refractivity contribution is 7.98. The first-order chi connectivity index (χ1) is 17.7. The molecule has 0 radical (unpaired) electrons. The van der Waals surface area contributed by atoms with E-state index in [-0.39, 0.29) is 18.2 Å². The third-order valence-electron chi connectivity index (χ3n) is 5.76. The van der Waals surface area contributed by atoms with Crippen molar-refractivity contribution in [3.63, 3.8) is 0 Å². The lowest BCUT2D eigenvalue weighted by atomic mass is 9.96. The van der Waals surface area contributed by atoms with Crippen molar-refractivity contribution in [1.82, 2.24) is 10.2 Å². The molecule has 1 aromatic carbocycles. The molecule has 1 fully saturated rings. The third-order valence-corrected chi connectivity index (χ3v) is 6.47. The second-order valence-corrected chi connectivity index (χ2v) is 9.36. The van der Waals surface area contributed by atoms with Gasteiger partial charge in [-0.1, -0.05) is 6.58 Å². The number of allylic oxidation sites excluding steroid dienone is 3. The predicted octanol–water partition coefficient (Wildman–Crippen LogP) is 5.30. The van der Waals surface area contributed by atoms with Crippen LogP contribution in [0.15, 0.2) is 68.4 Å². The van der Waals surface area contributed by atoms with E-state index in [1.54, 1.807) is 20.2 Å². The number of aromatic nitrogens is 2. The SMILES string of the molecule is C=C(/C(C=NCC#N)=C/N)/C(=C(\N=C(/C)N(C)c1c(F)cc(SC)cc1F)Nc1cc(C)[nH]n1)C1CC1. The number of aliphatic imine (C=N–C) groups is 2. The quantitative estimate of drug-likeness (QED) is 0.128. The number of thioether (sulfide) groups is 1. The van der Waals surface area contributed by atoms with Crippen LogP contribution in [0.5, 0.6) is 0 Å². The Bertz CT molecular complexity index is 1310. The summed E-state index contributed by atoms with van der Waals surface area (Å²) in [5.74, 6) is 0.0690. The van der Waals surface area contributed by atoms with E-state index in [2.05, 4.69) is 27.1 Å². The zero-order valence-corrected chi connectivity index (χ0v) is 22.1. The number of benzene rings is 1. The summed E-state index contributed by atoms with van der Waals surface area (Å²) in [6.45, 7) is 7.76. The summed E-state index contributed by atoms with van der Waals surface area (Å²) < 4.78 is 29.7. The Morgan fingerprint density at radius 2 is 2.05 bits per heavy atom. The second kappa shape index (κ2) is 12.4. The summed E-state index contributed by atoms with van der Waals surface area (Å²) in [6, 6.07) is 6.37. The lowest BCUT2D eigenvalue weighted by Gasteiger charge is -2.22. The van der Waals surface area contributed by atoms with E-state index in [1.807, 2.05) is 19.1 Å². The molecule has 1 aliphatic rings. The van der Waals surface area contributed by atoms with Crippen LogP contribution >= 0.6 is 11.8 Å². The lowest BCUT2D eigenvalue weighted by molar-refractivity contribution is 0.579. The summed E-state index contributed by atoms with van der Waals surface area (Å²) in [5.41, 5.74) is 8.42. The first kappa shape index (κ1) is 27.7. The van der Waals surface area contributed by atoms with Crippen molar-refractivity contribution < 1.29 is 8.78 Å². The zero-order chi connectivity index (χ0) is 27.1.